The highest BCUT2D eigenvalue weighted by atomic mass is 79.9. The third-order valence-electron chi connectivity index (χ3n) is 2.70. The Hall–Kier alpha value is -1.81. The van der Waals surface area contributed by atoms with Gasteiger partial charge >= 0.3 is 5.97 Å². The molecule has 0 radical (unpaired) electrons. The van der Waals surface area contributed by atoms with Crippen LogP contribution in [0.15, 0.2) is 53.0 Å². The number of benzene rings is 2. The molecule has 0 atom stereocenters. The normalized spacial score (nSPS) is 10.0. The molecular formula is C15H14BrNO2. The molecule has 0 fully saturated rings. The molecule has 0 aliphatic carbocycles. The zero-order valence-electron chi connectivity index (χ0n) is 10.5. The topological polar surface area (TPSA) is 38.3 Å². The summed E-state index contributed by atoms with van der Waals surface area (Å²) in [6.07, 6.45) is 0. The lowest BCUT2D eigenvalue weighted by atomic mass is 10.1. The average Bonchev–Trinajstić information content (AvgIpc) is 2.45. The number of anilines is 1. The maximum Gasteiger partial charge on any atom is 0.339 e. The molecule has 0 heterocycles. The molecule has 0 saturated carbocycles. The van der Waals surface area contributed by atoms with E-state index in [0.29, 0.717) is 12.1 Å². The number of esters is 1. The first kappa shape index (κ1) is 13.6. The number of hydrogen-bond donors (Lipinski definition) is 1. The molecule has 4 heteroatoms. The molecule has 0 aromatic heterocycles. The summed E-state index contributed by atoms with van der Waals surface area (Å²) in [5.74, 6) is -0.336. The minimum Gasteiger partial charge on any atom is -0.465 e. The molecule has 1 N–H and O–H groups in total. The summed E-state index contributed by atoms with van der Waals surface area (Å²) in [5.41, 5.74) is 2.45. The van der Waals surface area contributed by atoms with E-state index in [1.807, 2.05) is 42.5 Å². The molecule has 0 unspecified atom stereocenters. The van der Waals surface area contributed by atoms with E-state index in [0.717, 1.165) is 15.7 Å². The second kappa shape index (κ2) is 6.38. The van der Waals surface area contributed by atoms with Crippen LogP contribution < -0.4 is 5.32 Å². The van der Waals surface area contributed by atoms with Gasteiger partial charge in [-0.1, -0.05) is 40.2 Å². The zero-order valence-corrected chi connectivity index (χ0v) is 12.1. The van der Waals surface area contributed by atoms with Gasteiger partial charge in [0.2, 0.25) is 0 Å². The largest absolute Gasteiger partial charge is 0.465 e. The molecule has 19 heavy (non-hydrogen) atoms. The number of methoxy groups -OCH3 is 1. The summed E-state index contributed by atoms with van der Waals surface area (Å²) in [6, 6.07) is 15.3. The van der Waals surface area contributed by atoms with Crippen LogP contribution >= 0.6 is 15.9 Å². The van der Waals surface area contributed by atoms with Crippen LogP contribution in [0.5, 0.6) is 0 Å². The molecule has 2 aromatic carbocycles. The molecule has 0 aliphatic heterocycles. The number of para-hydroxylation sites is 1. The van der Waals surface area contributed by atoms with Crippen LogP contribution in [0, 0.1) is 0 Å². The van der Waals surface area contributed by atoms with Crippen LogP contribution in [0.3, 0.4) is 0 Å². The van der Waals surface area contributed by atoms with Crippen molar-refractivity contribution in [3.8, 4) is 0 Å². The summed E-state index contributed by atoms with van der Waals surface area (Å²) in [4.78, 5) is 11.6. The van der Waals surface area contributed by atoms with Crippen LogP contribution in [0.25, 0.3) is 0 Å². The van der Waals surface area contributed by atoms with Gasteiger partial charge in [0.05, 0.1) is 12.7 Å². The van der Waals surface area contributed by atoms with Crippen molar-refractivity contribution in [1.82, 2.24) is 0 Å². The van der Waals surface area contributed by atoms with Gasteiger partial charge in [0.1, 0.15) is 0 Å². The van der Waals surface area contributed by atoms with Gasteiger partial charge in [-0.05, 0) is 29.8 Å². The van der Waals surface area contributed by atoms with E-state index in [4.69, 9.17) is 4.74 Å². The molecule has 2 rings (SSSR count). The molecule has 0 aliphatic rings. The van der Waals surface area contributed by atoms with Gasteiger partial charge in [-0.2, -0.15) is 0 Å². The Morgan fingerprint density at radius 2 is 2.00 bits per heavy atom. The average molecular weight is 320 g/mol. The van der Waals surface area contributed by atoms with Crippen LogP contribution in [-0.2, 0) is 11.3 Å². The number of ether oxygens (including phenoxy) is 1. The van der Waals surface area contributed by atoms with E-state index in [1.165, 1.54) is 7.11 Å². The van der Waals surface area contributed by atoms with Gasteiger partial charge in [0.15, 0.2) is 0 Å². The maximum atomic E-state index is 11.6. The van der Waals surface area contributed by atoms with Gasteiger partial charge < -0.3 is 10.1 Å². The van der Waals surface area contributed by atoms with Gasteiger partial charge in [0.25, 0.3) is 0 Å². The Bertz CT molecular complexity index is 584. The van der Waals surface area contributed by atoms with Gasteiger partial charge in [-0.25, -0.2) is 4.79 Å². The van der Waals surface area contributed by atoms with Crippen LogP contribution in [0.4, 0.5) is 5.69 Å². The quantitative estimate of drug-likeness (QED) is 0.870. The number of halogens is 1. The standard InChI is InChI=1S/C15H14BrNO2/c1-19-15(18)13-7-2-3-8-14(13)17-10-11-5-4-6-12(16)9-11/h2-9,17H,10H2,1H3. The number of carbonyl (C=O) groups is 1. The highest BCUT2D eigenvalue weighted by Crippen LogP contribution is 2.18. The lowest BCUT2D eigenvalue weighted by molar-refractivity contribution is 0.0602. The Morgan fingerprint density at radius 1 is 1.21 bits per heavy atom. The van der Waals surface area contributed by atoms with Crippen molar-refractivity contribution in [2.75, 3.05) is 12.4 Å². The van der Waals surface area contributed by atoms with Crippen molar-refractivity contribution >= 4 is 27.6 Å². The summed E-state index contributed by atoms with van der Waals surface area (Å²) in [7, 11) is 1.38. The summed E-state index contributed by atoms with van der Waals surface area (Å²) in [5, 5.41) is 3.25. The summed E-state index contributed by atoms with van der Waals surface area (Å²) >= 11 is 3.44. The minimum absolute atomic E-state index is 0.336. The Labute approximate surface area is 120 Å². The van der Waals surface area contributed by atoms with Crippen LogP contribution in [-0.4, -0.2) is 13.1 Å². The zero-order chi connectivity index (χ0) is 13.7. The lowest BCUT2D eigenvalue weighted by Crippen LogP contribution is -2.08. The fourth-order valence-corrected chi connectivity index (χ4v) is 2.22. The monoisotopic (exact) mass is 319 g/mol. The Balaban J connectivity index is 2.13. The van der Waals surface area contributed by atoms with Crippen molar-refractivity contribution in [2.45, 2.75) is 6.54 Å². The molecule has 0 saturated heterocycles. The lowest BCUT2D eigenvalue weighted by Gasteiger charge is -2.10. The van der Waals surface area contributed by atoms with Crippen molar-refractivity contribution in [3.63, 3.8) is 0 Å². The number of nitrogens with one attached hydrogen (secondary N) is 1. The maximum absolute atomic E-state index is 11.6. The first-order valence-electron chi connectivity index (χ1n) is 5.86. The first-order valence-corrected chi connectivity index (χ1v) is 6.65. The number of carbonyl (C=O) groups excluding carboxylic acids is 1. The van der Waals surface area contributed by atoms with Gasteiger partial charge in [0, 0.05) is 16.7 Å². The second-order valence-corrected chi connectivity index (χ2v) is 4.94. The van der Waals surface area contributed by atoms with Gasteiger partial charge in [-0.15, -0.1) is 0 Å². The predicted molar refractivity (Wildman–Crippen MR) is 79.3 cm³/mol. The van der Waals surface area contributed by atoms with E-state index in [2.05, 4.69) is 21.2 Å². The molecule has 0 bridgehead atoms. The number of hydrogen-bond acceptors (Lipinski definition) is 3. The molecule has 2 aromatic rings. The first-order chi connectivity index (χ1) is 9.20. The van der Waals surface area contributed by atoms with E-state index in [-0.39, 0.29) is 5.97 Å². The fraction of sp³-hybridized carbons (Fsp3) is 0.133. The third-order valence-corrected chi connectivity index (χ3v) is 3.20. The van der Waals surface area contributed by atoms with Crippen molar-refractivity contribution in [1.29, 1.82) is 0 Å². The molecule has 98 valence electrons. The molecular weight excluding hydrogens is 306 g/mol. The predicted octanol–water partition coefficient (Wildman–Crippen LogP) is 3.85. The number of rotatable bonds is 4. The third kappa shape index (κ3) is 3.58. The Morgan fingerprint density at radius 3 is 2.74 bits per heavy atom. The highest BCUT2D eigenvalue weighted by molar-refractivity contribution is 9.10. The van der Waals surface area contributed by atoms with E-state index < -0.39 is 0 Å². The van der Waals surface area contributed by atoms with Crippen LogP contribution in [0.1, 0.15) is 15.9 Å². The van der Waals surface area contributed by atoms with E-state index >= 15 is 0 Å². The van der Waals surface area contributed by atoms with Crippen molar-refractivity contribution < 1.29 is 9.53 Å². The van der Waals surface area contributed by atoms with E-state index in [1.54, 1.807) is 6.07 Å². The Kier molecular flexibility index (Phi) is 4.58. The highest BCUT2D eigenvalue weighted by Gasteiger charge is 2.10. The van der Waals surface area contributed by atoms with Crippen LogP contribution in [0.2, 0.25) is 0 Å². The minimum atomic E-state index is -0.336. The fourth-order valence-electron chi connectivity index (χ4n) is 1.77. The van der Waals surface area contributed by atoms with Gasteiger partial charge in [-0.3, -0.25) is 0 Å². The second-order valence-electron chi connectivity index (χ2n) is 4.02. The summed E-state index contributed by atoms with van der Waals surface area (Å²) < 4.78 is 5.80. The molecule has 3 nitrogen and oxygen atoms in total. The van der Waals surface area contributed by atoms with Crippen molar-refractivity contribution in [3.05, 3.63) is 64.1 Å². The molecule has 0 spiro atoms. The SMILES string of the molecule is COC(=O)c1ccccc1NCc1cccc(Br)c1. The molecule has 0 amide bonds. The summed E-state index contributed by atoms with van der Waals surface area (Å²) in [6.45, 7) is 0.646. The van der Waals surface area contributed by atoms with Crippen molar-refractivity contribution in [2.24, 2.45) is 0 Å². The van der Waals surface area contributed by atoms with E-state index in [9.17, 15) is 4.79 Å². The smallest absolute Gasteiger partial charge is 0.339 e.